The Morgan fingerprint density at radius 1 is 1.06 bits per heavy atom. The van der Waals surface area contributed by atoms with Gasteiger partial charge >= 0.3 is 0 Å². The van der Waals surface area contributed by atoms with Gasteiger partial charge in [-0.3, -0.25) is 9.59 Å². The highest BCUT2D eigenvalue weighted by molar-refractivity contribution is 6.00. The summed E-state index contributed by atoms with van der Waals surface area (Å²) in [7, 11) is 0. The molecule has 204 valence electrons. The van der Waals surface area contributed by atoms with E-state index in [1.54, 1.807) is 0 Å². The van der Waals surface area contributed by atoms with Gasteiger partial charge in [-0.25, -0.2) is 0 Å². The molecule has 4 aliphatic carbocycles. The van der Waals surface area contributed by atoms with Crippen LogP contribution >= 0.6 is 0 Å². The van der Waals surface area contributed by atoms with Gasteiger partial charge in [0.05, 0.1) is 17.8 Å². The van der Waals surface area contributed by atoms with Gasteiger partial charge in [-0.05, 0) is 80.1 Å². The third-order valence-corrected chi connectivity index (χ3v) is 11.7. The van der Waals surface area contributed by atoms with Gasteiger partial charge in [0.2, 0.25) is 0 Å². The number of aliphatic hydroxyl groups excluding tert-OH is 3. The quantitative estimate of drug-likeness (QED) is 0.450. The molecular weight excluding hydrogens is 456 g/mol. The summed E-state index contributed by atoms with van der Waals surface area (Å²) in [5.74, 6) is 0.305. The summed E-state index contributed by atoms with van der Waals surface area (Å²) in [5.41, 5.74) is -0.998. The number of fused-ring (bicyclic) bond motifs is 5. The molecule has 4 N–H and O–H groups in total. The summed E-state index contributed by atoms with van der Waals surface area (Å²) >= 11 is 0. The lowest BCUT2D eigenvalue weighted by atomic mass is 9.36. The average Bonchev–Trinajstić information content (AvgIpc) is 3.00. The summed E-state index contributed by atoms with van der Waals surface area (Å²) in [5, 5.41) is 42.9. The maximum Gasteiger partial charge on any atom is 0.160 e. The Hall–Kier alpha value is -1.08. The molecule has 4 rings (SSSR count). The van der Waals surface area contributed by atoms with Crippen molar-refractivity contribution in [1.82, 2.24) is 0 Å². The minimum atomic E-state index is -1.45. The van der Waals surface area contributed by atoms with Crippen molar-refractivity contribution in [2.45, 2.75) is 124 Å². The summed E-state index contributed by atoms with van der Waals surface area (Å²) in [6, 6.07) is 0. The molecule has 9 atom stereocenters. The number of allylic oxidation sites excluding steroid dienone is 1. The fourth-order valence-electron chi connectivity index (χ4n) is 9.62. The standard InChI is InChI=1S/C30H48O6/c1-16(13-19(32)25(35)27(4,5)36)23-17-14-18(31)24-28(6)11-10-22(34)26(2,3)21(28)9-12-29(24,7)30(17,8)15-20(23)33/h16,18-19,21,24-25,31-32,35-36H,9-15H2,1-8H3/t16-,18?,19+,21?,24?,25-,28+,29+,30+/m1/s1. The van der Waals surface area contributed by atoms with E-state index in [0.717, 1.165) is 24.8 Å². The molecule has 4 aliphatic rings. The number of carbonyl (C=O) groups is 2. The predicted molar refractivity (Wildman–Crippen MR) is 138 cm³/mol. The molecule has 0 amide bonds. The molecule has 0 saturated heterocycles. The first-order chi connectivity index (χ1) is 16.3. The van der Waals surface area contributed by atoms with Gasteiger partial charge in [0, 0.05) is 23.7 Å². The number of rotatable bonds is 5. The van der Waals surface area contributed by atoms with Crippen LogP contribution in [0.1, 0.15) is 100 Å². The van der Waals surface area contributed by atoms with Crippen molar-refractivity contribution in [1.29, 1.82) is 0 Å². The third-order valence-electron chi connectivity index (χ3n) is 11.7. The van der Waals surface area contributed by atoms with E-state index in [9.17, 15) is 30.0 Å². The van der Waals surface area contributed by atoms with Crippen LogP contribution in [0.5, 0.6) is 0 Å². The van der Waals surface area contributed by atoms with Crippen LogP contribution in [0.3, 0.4) is 0 Å². The van der Waals surface area contributed by atoms with E-state index in [2.05, 4.69) is 34.6 Å². The summed E-state index contributed by atoms with van der Waals surface area (Å²) in [6.07, 6.45) is 1.01. The first-order valence-corrected chi connectivity index (χ1v) is 13.9. The molecule has 0 aromatic carbocycles. The number of ketones is 2. The van der Waals surface area contributed by atoms with E-state index in [1.807, 2.05) is 6.92 Å². The fourth-order valence-corrected chi connectivity index (χ4v) is 9.62. The van der Waals surface area contributed by atoms with Gasteiger partial charge in [-0.15, -0.1) is 0 Å². The lowest BCUT2D eigenvalue weighted by Gasteiger charge is -2.68. The Balaban J connectivity index is 1.72. The molecular formula is C30H48O6. The summed E-state index contributed by atoms with van der Waals surface area (Å²) in [6.45, 7) is 15.7. The molecule has 0 aliphatic heterocycles. The Bertz CT molecular complexity index is 974. The summed E-state index contributed by atoms with van der Waals surface area (Å²) < 4.78 is 0. The molecule has 0 bridgehead atoms. The molecule has 0 radical (unpaired) electrons. The van der Waals surface area contributed by atoms with E-state index in [0.29, 0.717) is 30.6 Å². The molecule has 3 saturated carbocycles. The number of hydrogen-bond acceptors (Lipinski definition) is 6. The molecule has 0 aromatic rings. The molecule has 6 nitrogen and oxygen atoms in total. The van der Waals surface area contributed by atoms with E-state index in [1.165, 1.54) is 13.8 Å². The maximum atomic E-state index is 13.6. The first-order valence-electron chi connectivity index (χ1n) is 13.9. The van der Waals surface area contributed by atoms with Gasteiger partial charge in [0.1, 0.15) is 11.9 Å². The zero-order valence-electron chi connectivity index (χ0n) is 23.5. The molecule has 0 heterocycles. The van der Waals surface area contributed by atoms with Crippen LogP contribution in [0.25, 0.3) is 0 Å². The second kappa shape index (κ2) is 8.46. The van der Waals surface area contributed by atoms with Gasteiger partial charge in [-0.2, -0.15) is 0 Å². The zero-order chi connectivity index (χ0) is 27.2. The van der Waals surface area contributed by atoms with Crippen LogP contribution in [0.15, 0.2) is 11.1 Å². The van der Waals surface area contributed by atoms with E-state index >= 15 is 0 Å². The van der Waals surface area contributed by atoms with Crippen molar-refractivity contribution < 1.29 is 30.0 Å². The Kier molecular flexibility index (Phi) is 6.57. The Morgan fingerprint density at radius 3 is 2.25 bits per heavy atom. The maximum absolute atomic E-state index is 13.6. The largest absolute Gasteiger partial charge is 0.392 e. The first kappa shape index (κ1) is 27.9. The Morgan fingerprint density at radius 2 is 1.67 bits per heavy atom. The van der Waals surface area contributed by atoms with Crippen molar-refractivity contribution >= 4 is 11.6 Å². The van der Waals surface area contributed by atoms with Crippen LogP contribution in [0.4, 0.5) is 0 Å². The number of carbonyl (C=O) groups excluding carboxylic acids is 2. The van der Waals surface area contributed by atoms with Gasteiger partial charge in [-0.1, -0.05) is 47.1 Å². The van der Waals surface area contributed by atoms with Gasteiger partial charge in [0.25, 0.3) is 0 Å². The topological polar surface area (TPSA) is 115 Å². The minimum Gasteiger partial charge on any atom is -0.392 e. The monoisotopic (exact) mass is 504 g/mol. The molecule has 3 unspecified atom stereocenters. The fraction of sp³-hybridized carbons (Fsp3) is 0.867. The molecule has 6 heteroatoms. The third kappa shape index (κ3) is 3.72. The van der Waals surface area contributed by atoms with Crippen LogP contribution < -0.4 is 0 Å². The SMILES string of the molecule is C[C@H](C[C@H](O)[C@@H](O)C(C)(C)O)C1=C2CC(O)C3[C@@]4(C)CCC(=O)C(C)(C)C4CC[C@]3(C)[C@@]2(C)CC1=O. The smallest absolute Gasteiger partial charge is 0.160 e. The van der Waals surface area contributed by atoms with Crippen LogP contribution in [0, 0.1) is 39.4 Å². The highest BCUT2D eigenvalue weighted by Crippen LogP contribution is 2.73. The highest BCUT2D eigenvalue weighted by Gasteiger charge is 2.70. The second-order valence-electron chi connectivity index (χ2n) is 14.5. The van der Waals surface area contributed by atoms with Gasteiger partial charge in [0.15, 0.2) is 5.78 Å². The van der Waals surface area contributed by atoms with Crippen LogP contribution in [-0.2, 0) is 9.59 Å². The lowest BCUT2D eigenvalue weighted by molar-refractivity contribution is -0.208. The van der Waals surface area contributed by atoms with Gasteiger partial charge < -0.3 is 20.4 Å². The average molecular weight is 505 g/mol. The van der Waals surface area contributed by atoms with Crippen LogP contribution in [-0.4, -0.2) is 55.9 Å². The second-order valence-corrected chi connectivity index (χ2v) is 14.5. The highest BCUT2D eigenvalue weighted by atomic mass is 16.4. The van der Waals surface area contributed by atoms with Crippen molar-refractivity contribution in [3.8, 4) is 0 Å². The van der Waals surface area contributed by atoms with Crippen molar-refractivity contribution in [3.05, 3.63) is 11.1 Å². The molecule has 3 fully saturated rings. The van der Waals surface area contributed by atoms with Crippen molar-refractivity contribution in [2.75, 3.05) is 0 Å². The molecule has 36 heavy (non-hydrogen) atoms. The van der Waals surface area contributed by atoms with Crippen LogP contribution in [0.2, 0.25) is 0 Å². The van der Waals surface area contributed by atoms with Crippen molar-refractivity contribution in [2.24, 2.45) is 39.4 Å². The molecule has 0 spiro atoms. The minimum absolute atomic E-state index is 0.00469. The predicted octanol–water partition coefficient (Wildman–Crippen LogP) is 3.97. The normalized spacial score (nSPS) is 42.9. The van der Waals surface area contributed by atoms with E-state index < -0.39 is 34.7 Å². The van der Waals surface area contributed by atoms with E-state index in [-0.39, 0.29) is 40.8 Å². The molecule has 0 aromatic heterocycles. The van der Waals surface area contributed by atoms with Crippen molar-refractivity contribution in [3.63, 3.8) is 0 Å². The van der Waals surface area contributed by atoms with E-state index in [4.69, 9.17) is 0 Å². The number of Topliss-reactive ketones (excluding diaryl/α,β-unsaturated/α-hetero) is 2. The summed E-state index contributed by atoms with van der Waals surface area (Å²) in [4.78, 5) is 26.5. The Labute approximate surface area is 216 Å². The lowest BCUT2D eigenvalue weighted by Crippen LogP contribution is -2.65. The zero-order valence-corrected chi connectivity index (χ0v) is 23.5. The number of hydrogen-bond donors (Lipinski definition) is 4. The number of aliphatic hydroxyl groups is 4.